The summed E-state index contributed by atoms with van der Waals surface area (Å²) in [4.78, 5) is 18.2. The van der Waals surface area contributed by atoms with Crippen molar-refractivity contribution in [3.63, 3.8) is 0 Å². The second-order valence-electron chi connectivity index (χ2n) is 4.04. The molecular formula is C12H12N4O3. The molecule has 2 aromatic rings. The third-order valence-corrected chi connectivity index (χ3v) is 2.37. The monoisotopic (exact) mass is 260 g/mol. The van der Waals surface area contributed by atoms with E-state index in [-0.39, 0.29) is 23.3 Å². The summed E-state index contributed by atoms with van der Waals surface area (Å²) < 4.78 is 5.44. The highest BCUT2D eigenvalue weighted by Gasteiger charge is 2.16. The maximum Gasteiger partial charge on any atom is 0.311 e. The van der Waals surface area contributed by atoms with Crippen molar-refractivity contribution in [3.8, 4) is 11.6 Å². The zero-order valence-electron chi connectivity index (χ0n) is 10.5. The van der Waals surface area contributed by atoms with Gasteiger partial charge >= 0.3 is 5.69 Å². The van der Waals surface area contributed by atoms with Crippen molar-refractivity contribution >= 4 is 11.6 Å². The van der Waals surface area contributed by atoms with Crippen LogP contribution in [-0.2, 0) is 0 Å². The summed E-state index contributed by atoms with van der Waals surface area (Å²) in [6.07, 6.45) is 0. The van der Waals surface area contributed by atoms with Gasteiger partial charge < -0.3 is 10.5 Å². The molecule has 0 aliphatic rings. The lowest BCUT2D eigenvalue weighted by Gasteiger charge is -2.07. The lowest BCUT2D eigenvalue weighted by molar-refractivity contribution is -0.385. The van der Waals surface area contributed by atoms with E-state index in [1.165, 1.54) is 6.07 Å². The number of nitrogens with two attached hydrogens (primary N) is 1. The maximum absolute atomic E-state index is 10.9. The third kappa shape index (κ3) is 2.95. The normalized spacial score (nSPS) is 10.2. The fourth-order valence-corrected chi connectivity index (χ4v) is 1.58. The lowest BCUT2D eigenvalue weighted by atomic mass is 10.2. The van der Waals surface area contributed by atoms with E-state index in [0.29, 0.717) is 5.69 Å². The van der Waals surface area contributed by atoms with Crippen molar-refractivity contribution < 1.29 is 9.66 Å². The smallest absolute Gasteiger partial charge is 0.311 e. The predicted molar refractivity (Wildman–Crippen MR) is 69.1 cm³/mol. The number of rotatable bonds is 3. The first-order valence-electron chi connectivity index (χ1n) is 5.50. The molecule has 0 aliphatic heterocycles. The van der Waals surface area contributed by atoms with Gasteiger partial charge in [0.2, 0.25) is 17.6 Å². The maximum atomic E-state index is 10.9. The number of hydrogen-bond donors (Lipinski definition) is 1. The van der Waals surface area contributed by atoms with E-state index in [9.17, 15) is 10.1 Å². The van der Waals surface area contributed by atoms with E-state index >= 15 is 0 Å². The molecule has 0 amide bonds. The Labute approximate surface area is 109 Å². The Morgan fingerprint density at radius 3 is 2.63 bits per heavy atom. The fourth-order valence-electron chi connectivity index (χ4n) is 1.58. The second-order valence-corrected chi connectivity index (χ2v) is 4.04. The van der Waals surface area contributed by atoms with Gasteiger partial charge in [-0.3, -0.25) is 10.1 Å². The van der Waals surface area contributed by atoms with Crippen molar-refractivity contribution in [1.82, 2.24) is 9.97 Å². The summed E-state index contributed by atoms with van der Waals surface area (Å²) in [5.41, 5.74) is 6.85. The molecule has 0 aliphatic carbocycles. The summed E-state index contributed by atoms with van der Waals surface area (Å²) in [5.74, 6) is 0.367. The summed E-state index contributed by atoms with van der Waals surface area (Å²) in [6.45, 7) is 3.55. The van der Waals surface area contributed by atoms with Crippen molar-refractivity contribution in [1.29, 1.82) is 0 Å². The molecule has 7 nitrogen and oxygen atoms in total. The zero-order valence-corrected chi connectivity index (χ0v) is 10.5. The van der Waals surface area contributed by atoms with E-state index in [2.05, 4.69) is 9.97 Å². The molecule has 98 valence electrons. The standard InChI is InChI=1S/C12H12N4O3/c1-7-3-4-9(16(17)18)10(5-7)19-11-6-8(2)14-12(13)15-11/h3-6H,1-2H3,(H2,13,14,15). The largest absolute Gasteiger partial charge is 0.432 e. The minimum absolute atomic E-state index is 0.0605. The van der Waals surface area contributed by atoms with Crippen LogP contribution in [-0.4, -0.2) is 14.9 Å². The first kappa shape index (κ1) is 12.7. The van der Waals surface area contributed by atoms with E-state index in [0.717, 1.165) is 5.56 Å². The van der Waals surface area contributed by atoms with Gasteiger partial charge in [-0.15, -0.1) is 0 Å². The Hall–Kier alpha value is -2.70. The Balaban J connectivity index is 2.42. The second kappa shape index (κ2) is 4.89. The van der Waals surface area contributed by atoms with Crippen LogP contribution in [0.4, 0.5) is 11.6 Å². The number of nitrogens with zero attached hydrogens (tertiary/aromatic N) is 3. The van der Waals surface area contributed by atoms with Gasteiger partial charge in [0, 0.05) is 17.8 Å². The first-order valence-corrected chi connectivity index (χ1v) is 5.50. The molecule has 7 heteroatoms. The molecule has 0 saturated carbocycles. The van der Waals surface area contributed by atoms with Crippen LogP contribution in [0, 0.1) is 24.0 Å². The zero-order chi connectivity index (χ0) is 14.0. The molecule has 1 aromatic carbocycles. The number of anilines is 1. The molecule has 0 fully saturated rings. The molecule has 0 bridgehead atoms. The molecule has 0 spiro atoms. The van der Waals surface area contributed by atoms with Crippen LogP contribution < -0.4 is 10.5 Å². The molecule has 2 rings (SSSR count). The molecule has 19 heavy (non-hydrogen) atoms. The van der Waals surface area contributed by atoms with Crippen LogP contribution in [0.5, 0.6) is 11.6 Å². The summed E-state index contributed by atoms with van der Waals surface area (Å²) >= 11 is 0. The number of hydrogen-bond acceptors (Lipinski definition) is 6. The molecule has 0 saturated heterocycles. The number of aromatic nitrogens is 2. The minimum Gasteiger partial charge on any atom is -0.432 e. The number of aryl methyl sites for hydroxylation is 2. The van der Waals surface area contributed by atoms with Crippen molar-refractivity contribution in [2.24, 2.45) is 0 Å². The number of ether oxygens (including phenoxy) is 1. The lowest BCUT2D eigenvalue weighted by Crippen LogP contribution is -2.00. The SMILES string of the molecule is Cc1ccc([N+](=O)[O-])c(Oc2cc(C)nc(N)n2)c1. The van der Waals surface area contributed by atoms with Gasteiger partial charge in [0.25, 0.3) is 0 Å². The highest BCUT2D eigenvalue weighted by Crippen LogP contribution is 2.31. The molecule has 0 atom stereocenters. The number of nitrogen functional groups attached to an aromatic ring is 1. The average Bonchev–Trinajstić information content (AvgIpc) is 2.26. The molecular weight excluding hydrogens is 248 g/mol. The van der Waals surface area contributed by atoms with Gasteiger partial charge in [0.1, 0.15) is 0 Å². The first-order chi connectivity index (χ1) is 8.95. The van der Waals surface area contributed by atoms with E-state index in [1.54, 1.807) is 25.1 Å². The number of benzene rings is 1. The molecule has 0 radical (unpaired) electrons. The predicted octanol–water partition coefficient (Wildman–Crippen LogP) is 2.38. The van der Waals surface area contributed by atoms with Gasteiger partial charge in [-0.25, -0.2) is 4.98 Å². The molecule has 1 aromatic heterocycles. The van der Waals surface area contributed by atoms with Crippen molar-refractivity contribution in [2.45, 2.75) is 13.8 Å². The third-order valence-electron chi connectivity index (χ3n) is 2.37. The van der Waals surface area contributed by atoms with E-state index in [1.807, 2.05) is 6.92 Å². The van der Waals surface area contributed by atoms with Gasteiger partial charge in [-0.05, 0) is 25.5 Å². The summed E-state index contributed by atoms with van der Waals surface area (Å²) in [5, 5.41) is 10.9. The van der Waals surface area contributed by atoms with Crippen LogP contribution in [0.3, 0.4) is 0 Å². The molecule has 1 heterocycles. The molecule has 2 N–H and O–H groups in total. The van der Waals surface area contributed by atoms with Gasteiger partial charge in [-0.2, -0.15) is 4.98 Å². The van der Waals surface area contributed by atoms with E-state index in [4.69, 9.17) is 10.5 Å². The van der Waals surface area contributed by atoms with Crippen LogP contribution in [0.1, 0.15) is 11.3 Å². The Morgan fingerprint density at radius 2 is 2.00 bits per heavy atom. The fraction of sp³-hybridized carbons (Fsp3) is 0.167. The Kier molecular flexibility index (Phi) is 3.28. The van der Waals surface area contributed by atoms with Crippen LogP contribution in [0.25, 0.3) is 0 Å². The van der Waals surface area contributed by atoms with Crippen molar-refractivity contribution in [2.75, 3.05) is 5.73 Å². The van der Waals surface area contributed by atoms with Crippen LogP contribution in [0.2, 0.25) is 0 Å². The number of nitro benzene ring substituents is 1. The average molecular weight is 260 g/mol. The van der Waals surface area contributed by atoms with Crippen LogP contribution >= 0.6 is 0 Å². The topological polar surface area (TPSA) is 104 Å². The summed E-state index contributed by atoms with van der Waals surface area (Å²) in [6, 6.07) is 6.17. The highest BCUT2D eigenvalue weighted by molar-refractivity contribution is 5.49. The minimum atomic E-state index is -0.508. The van der Waals surface area contributed by atoms with Gasteiger partial charge in [0.15, 0.2) is 0 Å². The van der Waals surface area contributed by atoms with Crippen molar-refractivity contribution in [3.05, 3.63) is 45.6 Å². The highest BCUT2D eigenvalue weighted by atomic mass is 16.6. The quantitative estimate of drug-likeness (QED) is 0.671. The Bertz CT molecular complexity index is 623. The van der Waals surface area contributed by atoms with Gasteiger partial charge in [-0.1, -0.05) is 6.07 Å². The van der Waals surface area contributed by atoms with Gasteiger partial charge in [0.05, 0.1) is 4.92 Å². The number of nitro groups is 1. The Morgan fingerprint density at radius 1 is 1.26 bits per heavy atom. The van der Waals surface area contributed by atoms with E-state index < -0.39 is 4.92 Å². The summed E-state index contributed by atoms with van der Waals surface area (Å²) in [7, 11) is 0. The molecule has 0 unspecified atom stereocenters. The van der Waals surface area contributed by atoms with Crippen LogP contribution in [0.15, 0.2) is 24.3 Å².